The lowest BCUT2D eigenvalue weighted by Gasteiger charge is -2.60. The Labute approximate surface area is 136 Å². The van der Waals surface area contributed by atoms with Crippen molar-refractivity contribution in [1.29, 1.82) is 0 Å². The molecular weight excluding hydrogens is 272 g/mol. The summed E-state index contributed by atoms with van der Waals surface area (Å²) in [6.07, 6.45) is 9.77. The van der Waals surface area contributed by atoms with Crippen LogP contribution < -0.4 is 0 Å². The summed E-state index contributed by atoms with van der Waals surface area (Å²) in [5.41, 5.74) is -0.205. The molecule has 0 heterocycles. The van der Waals surface area contributed by atoms with Crippen LogP contribution in [-0.2, 0) is 4.79 Å². The van der Waals surface area contributed by atoms with Gasteiger partial charge in [-0.1, -0.05) is 27.2 Å². The summed E-state index contributed by atoms with van der Waals surface area (Å²) in [5, 5.41) is 9.86. The summed E-state index contributed by atoms with van der Waals surface area (Å²) in [6, 6.07) is 0. The molecule has 0 aromatic rings. The molecular formula is C20H34O2. The predicted molar refractivity (Wildman–Crippen MR) is 89.6 cm³/mol. The first-order valence-corrected chi connectivity index (χ1v) is 9.52. The van der Waals surface area contributed by atoms with Crippen LogP contribution in [0.3, 0.4) is 0 Å². The van der Waals surface area contributed by atoms with E-state index in [9.17, 15) is 9.90 Å². The van der Waals surface area contributed by atoms with Gasteiger partial charge in [-0.25, -0.2) is 0 Å². The number of carboxylic acids is 1. The van der Waals surface area contributed by atoms with E-state index in [4.69, 9.17) is 0 Å². The summed E-state index contributed by atoms with van der Waals surface area (Å²) in [4.78, 5) is 12.0. The van der Waals surface area contributed by atoms with Gasteiger partial charge in [0.15, 0.2) is 0 Å². The SMILES string of the molecule is CC(C)[C@@H]1CC[C@@H]2[C@H](CC[C@H]3[C@@]2(C)CCC[C@@]3(C)C(=O)O)C1. The molecule has 22 heavy (non-hydrogen) atoms. The van der Waals surface area contributed by atoms with Gasteiger partial charge >= 0.3 is 5.97 Å². The third-order valence-electron chi connectivity index (χ3n) is 8.10. The molecule has 3 aliphatic rings. The first-order valence-electron chi connectivity index (χ1n) is 9.52. The van der Waals surface area contributed by atoms with Crippen molar-refractivity contribution in [2.24, 2.45) is 40.4 Å². The average Bonchev–Trinajstić information content (AvgIpc) is 2.46. The van der Waals surface area contributed by atoms with Gasteiger partial charge in [-0.05, 0) is 86.9 Å². The Kier molecular flexibility index (Phi) is 4.10. The Morgan fingerprint density at radius 3 is 2.45 bits per heavy atom. The fraction of sp³-hybridized carbons (Fsp3) is 0.950. The smallest absolute Gasteiger partial charge is 0.309 e. The standard InChI is InChI=1S/C20H34O2/c1-13(2)14-6-8-16-15(12-14)7-9-17-19(16,3)10-5-11-20(17,4)18(21)22/h13-17H,5-12H2,1-4H3,(H,21,22)/t14-,15-,16-,17+,19+,20-/m1/s1. The van der Waals surface area contributed by atoms with Gasteiger partial charge in [0, 0.05) is 0 Å². The summed E-state index contributed by atoms with van der Waals surface area (Å²) in [6.45, 7) is 9.24. The zero-order valence-corrected chi connectivity index (χ0v) is 14.9. The topological polar surface area (TPSA) is 37.3 Å². The van der Waals surface area contributed by atoms with Crippen LogP contribution in [0.1, 0.15) is 79.1 Å². The molecule has 3 saturated carbocycles. The second-order valence-electron chi connectivity index (χ2n) is 9.40. The molecule has 0 amide bonds. The summed E-state index contributed by atoms with van der Waals surface area (Å²) >= 11 is 0. The second kappa shape index (κ2) is 5.53. The van der Waals surface area contributed by atoms with Gasteiger partial charge < -0.3 is 5.11 Å². The lowest BCUT2D eigenvalue weighted by atomic mass is 9.43. The minimum Gasteiger partial charge on any atom is -0.481 e. The molecule has 126 valence electrons. The van der Waals surface area contributed by atoms with E-state index in [0.717, 1.165) is 42.9 Å². The van der Waals surface area contributed by atoms with Gasteiger partial charge in [0.25, 0.3) is 0 Å². The Bertz CT molecular complexity index is 443. The molecule has 0 spiro atoms. The van der Waals surface area contributed by atoms with Gasteiger partial charge in [-0.15, -0.1) is 0 Å². The van der Waals surface area contributed by atoms with Gasteiger partial charge in [0.2, 0.25) is 0 Å². The van der Waals surface area contributed by atoms with E-state index in [0.29, 0.717) is 5.92 Å². The average molecular weight is 306 g/mol. The molecule has 2 heteroatoms. The third-order valence-corrected chi connectivity index (χ3v) is 8.10. The zero-order chi connectivity index (χ0) is 16.1. The van der Waals surface area contributed by atoms with E-state index < -0.39 is 11.4 Å². The maximum Gasteiger partial charge on any atom is 0.309 e. The van der Waals surface area contributed by atoms with Gasteiger partial charge in [-0.2, -0.15) is 0 Å². The van der Waals surface area contributed by atoms with Crippen molar-refractivity contribution in [3.8, 4) is 0 Å². The van der Waals surface area contributed by atoms with E-state index in [1.165, 1.54) is 32.1 Å². The Morgan fingerprint density at radius 1 is 1.09 bits per heavy atom. The van der Waals surface area contributed by atoms with Crippen molar-refractivity contribution in [1.82, 2.24) is 0 Å². The highest BCUT2D eigenvalue weighted by molar-refractivity contribution is 5.75. The molecule has 3 fully saturated rings. The van der Waals surface area contributed by atoms with Gasteiger partial charge in [0.05, 0.1) is 5.41 Å². The number of rotatable bonds is 2. The van der Waals surface area contributed by atoms with Crippen LogP contribution >= 0.6 is 0 Å². The first-order chi connectivity index (χ1) is 10.3. The van der Waals surface area contributed by atoms with Crippen molar-refractivity contribution in [2.75, 3.05) is 0 Å². The van der Waals surface area contributed by atoms with Crippen LogP contribution in [0.15, 0.2) is 0 Å². The van der Waals surface area contributed by atoms with Crippen molar-refractivity contribution in [3.05, 3.63) is 0 Å². The molecule has 0 unspecified atom stereocenters. The fourth-order valence-electron chi connectivity index (χ4n) is 6.73. The van der Waals surface area contributed by atoms with Gasteiger partial charge in [-0.3, -0.25) is 4.79 Å². The number of aliphatic carboxylic acids is 1. The number of fused-ring (bicyclic) bond motifs is 3. The van der Waals surface area contributed by atoms with E-state index in [2.05, 4.69) is 20.8 Å². The second-order valence-corrected chi connectivity index (χ2v) is 9.40. The number of hydrogen-bond acceptors (Lipinski definition) is 1. The number of carboxylic acid groups (broad SMARTS) is 1. The minimum absolute atomic E-state index is 0.274. The highest BCUT2D eigenvalue weighted by Gasteiger charge is 2.59. The molecule has 3 aliphatic carbocycles. The number of carbonyl (C=O) groups is 1. The third kappa shape index (κ3) is 2.32. The molecule has 0 radical (unpaired) electrons. The Hall–Kier alpha value is -0.530. The fourth-order valence-corrected chi connectivity index (χ4v) is 6.73. The maximum absolute atomic E-state index is 12.0. The molecule has 0 aromatic carbocycles. The molecule has 0 saturated heterocycles. The first kappa shape index (κ1) is 16.3. The normalized spacial score (nSPS) is 48.6. The zero-order valence-electron chi connectivity index (χ0n) is 14.9. The molecule has 3 rings (SSSR count). The Balaban J connectivity index is 1.86. The van der Waals surface area contributed by atoms with Crippen molar-refractivity contribution < 1.29 is 9.90 Å². The number of hydrogen-bond donors (Lipinski definition) is 1. The van der Waals surface area contributed by atoms with Crippen molar-refractivity contribution in [3.63, 3.8) is 0 Å². The van der Waals surface area contributed by atoms with Crippen LogP contribution in [0.4, 0.5) is 0 Å². The van der Waals surface area contributed by atoms with Crippen LogP contribution in [0, 0.1) is 40.4 Å². The summed E-state index contributed by atoms with van der Waals surface area (Å²) < 4.78 is 0. The maximum atomic E-state index is 12.0. The highest BCUT2D eigenvalue weighted by Crippen LogP contribution is 2.64. The quantitative estimate of drug-likeness (QED) is 0.745. The molecule has 2 nitrogen and oxygen atoms in total. The molecule has 0 aliphatic heterocycles. The van der Waals surface area contributed by atoms with E-state index in [1.807, 2.05) is 6.92 Å². The lowest BCUT2D eigenvalue weighted by Crippen LogP contribution is -2.56. The van der Waals surface area contributed by atoms with E-state index in [-0.39, 0.29) is 5.41 Å². The van der Waals surface area contributed by atoms with Crippen LogP contribution in [0.5, 0.6) is 0 Å². The monoisotopic (exact) mass is 306 g/mol. The summed E-state index contributed by atoms with van der Waals surface area (Å²) in [7, 11) is 0. The highest BCUT2D eigenvalue weighted by atomic mass is 16.4. The van der Waals surface area contributed by atoms with Crippen LogP contribution in [0.25, 0.3) is 0 Å². The summed E-state index contributed by atoms with van der Waals surface area (Å²) in [5.74, 6) is 3.19. The molecule has 0 bridgehead atoms. The van der Waals surface area contributed by atoms with Crippen LogP contribution in [0.2, 0.25) is 0 Å². The largest absolute Gasteiger partial charge is 0.481 e. The van der Waals surface area contributed by atoms with Crippen molar-refractivity contribution in [2.45, 2.75) is 79.1 Å². The molecule has 1 N–H and O–H groups in total. The predicted octanol–water partition coefficient (Wildman–Crippen LogP) is 5.37. The van der Waals surface area contributed by atoms with E-state index in [1.54, 1.807) is 0 Å². The lowest BCUT2D eigenvalue weighted by molar-refractivity contribution is -0.173. The van der Waals surface area contributed by atoms with Gasteiger partial charge in [0.1, 0.15) is 0 Å². The molecule has 6 atom stereocenters. The molecule has 0 aromatic heterocycles. The minimum atomic E-state index is -0.544. The van der Waals surface area contributed by atoms with Crippen molar-refractivity contribution >= 4 is 5.97 Å². The van der Waals surface area contributed by atoms with Crippen LogP contribution in [-0.4, -0.2) is 11.1 Å². The van der Waals surface area contributed by atoms with E-state index >= 15 is 0 Å². The Morgan fingerprint density at radius 2 is 1.82 bits per heavy atom.